The Morgan fingerprint density at radius 1 is 1.16 bits per heavy atom. The van der Waals surface area contributed by atoms with Crippen LogP contribution in [0.4, 0.5) is 5.69 Å². The second-order valence-electron chi connectivity index (χ2n) is 6.87. The minimum absolute atomic E-state index is 0.0764. The van der Waals surface area contributed by atoms with Crippen LogP contribution in [-0.4, -0.2) is 24.6 Å². The number of nitrogens with zero attached hydrogens (tertiary/aromatic N) is 4. The third-order valence-electron chi connectivity index (χ3n) is 4.68. The van der Waals surface area contributed by atoms with E-state index in [-0.39, 0.29) is 35.3 Å². The zero-order chi connectivity index (χ0) is 22.7. The molecule has 0 spiro atoms. The van der Waals surface area contributed by atoms with E-state index in [1.807, 2.05) is 30.3 Å². The van der Waals surface area contributed by atoms with E-state index in [1.165, 1.54) is 30.0 Å². The summed E-state index contributed by atoms with van der Waals surface area (Å²) in [7, 11) is 0. The number of nitrogens with one attached hydrogen (secondary N) is 1. The summed E-state index contributed by atoms with van der Waals surface area (Å²) in [5.74, 6) is 0.680. The summed E-state index contributed by atoms with van der Waals surface area (Å²) >= 11 is 1.19. The van der Waals surface area contributed by atoms with E-state index in [0.29, 0.717) is 16.2 Å². The van der Waals surface area contributed by atoms with Gasteiger partial charge in [-0.25, -0.2) is 4.79 Å². The smallest absolute Gasteiger partial charge is 0.329 e. The number of H-pyrrole nitrogens is 1. The third kappa shape index (κ3) is 4.52. The highest BCUT2D eigenvalue weighted by Gasteiger charge is 2.15. The molecular weight excluding hydrogens is 434 g/mol. The molecule has 10 nitrogen and oxygen atoms in total. The molecule has 4 rings (SSSR count). The molecule has 0 aliphatic carbocycles. The molecule has 0 saturated carbocycles. The average molecular weight is 451 g/mol. The van der Waals surface area contributed by atoms with Gasteiger partial charge >= 0.3 is 5.69 Å². The highest BCUT2D eigenvalue weighted by Crippen LogP contribution is 2.24. The monoisotopic (exact) mass is 451 g/mol. The Hall–Kier alpha value is -3.99. The fourth-order valence-electron chi connectivity index (χ4n) is 3.03. The van der Waals surface area contributed by atoms with Crippen molar-refractivity contribution in [2.75, 3.05) is 0 Å². The van der Waals surface area contributed by atoms with Crippen LogP contribution >= 0.6 is 11.8 Å². The topological polar surface area (TPSA) is 137 Å². The number of aromatic nitrogens is 4. The van der Waals surface area contributed by atoms with Gasteiger partial charge in [-0.05, 0) is 12.5 Å². The molecule has 0 aliphatic rings. The highest BCUT2D eigenvalue weighted by atomic mass is 32.2. The first kappa shape index (κ1) is 21.2. The summed E-state index contributed by atoms with van der Waals surface area (Å²) in [6, 6.07) is 15.2. The summed E-state index contributed by atoms with van der Waals surface area (Å²) < 4.78 is 6.37. The molecule has 4 aromatic rings. The normalized spacial score (nSPS) is 10.9. The van der Waals surface area contributed by atoms with E-state index in [1.54, 1.807) is 13.0 Å². The lowest BCUT2D eigenvalue weighted by Crippen LogP contribution is -2.37. The maximum atomic E-state index is 12.7. The number of nitro benzene ring substituents is 1. The zero-order valence-corrected chi connectivity index (χ0v) is 17.7. The van der Waals surface area contributed by atoms with Gasteiger partial charge < -0.3 is 9.51 Å². The molecule has 2 aromatic heterocycles. The predicted octanol–water partition coefficient (Wildman–Crippen LogP) is 3.14. The minimum Gasteiger partial charge on any atom is -0.338 e. The maximum Gasteiger partial charge on any atom is 0.329 e. The summed E-state index contributed by atoms with van der Waals surface area (Å²) in [4.78, 5) is 42.6. The van der Waals surface area contributed by atoms with Gasteiger partial charge in [0.1, 0.15) is 0 Å². The predicted molar refractivity (Wildman–Crippen MR) is 118 cm³/mol. The van der Waals surface area contributed by atoms with Gasteiger partial charge in [0, 0.05) is 23.3 Å². The molecule has 32 heavy (non-hydrogen) atoms. The van der Waals surface area contributed by atoms with Crippen LogP contribution < -0.4 is 11.2 Å². The van der Waals surface area contributed by atoms with E-state index < -0.39 is 10.6 Å². The Balaban J connectivity index is 1.51. The summed E-state index contributed by atoms with van der Waals surface area (Å²) in [5, 5.41) is 15.2. The molecule has 1 N–H and O–H groups in total. The van der Waals surface area contributed by atoms with E-state index >= 15 is 0 Å². The van der Waals surface area contributed by atoms with Crippen LogP contribution in [0.15, 0.2) is 73.7 Å². The van der Waals surface area contributed by atoms with E-state index in [9.17, 15) is 19.7 Å². The maximum absolute atomic E-state index is 12.7. The van der Waals surface area contributed by atoms with Gasteiger partial charge in [-0.1, -0.05) is 59.4 Å². The fourth-order valence-corrected chi connectivity index (χ4v) is 3.88. The molecule has 0 saturated heterocycles. The van der Waals surface area contributed by atoms with Gasteiger partial charge in [0.2, 0.25) is 11.7 Å². The van der Waals surface area contributed by atoms with Gasteiger partial charge in [-0.3, -0.25) is 19.5 Å². The van der Waals surface area contributed by atoms with Gasteiger partial charge in [0.15, 0.2) is 0 Å². The second kappa shape index (κ2) is 9.02. The first-order chi connectivity index (χ1) is 15.4. The molecule has 2 aromatic carbocycles. The van der Waals surface area contributed by atoms with Gasteiger partial charge in [-0.2, -0.15) is 4.98 Å². The number of aromatic amines is 1. The Labute approximate surface area is 185 Å². The highest BCUT2D eigenvalue weighted by molar-refractivity contribution is 7.98. The quantitative estimate of drug-likeness (QED) is 0.196. The Kier molecular flexibility index (Phi) is 5.99. The van der Waals surface area contributed by atoms with Crippen LogP contribution in [0, 0.1) is 17.0 Å². The average Bonchev–Trinajstić information content (AvgIpc) is 3.28. The first-order valence-electron chi connectivity index (χ1n) is 9.50. The molecule has 11 heteroatoms. The van der Waals surface area contributed by atoms with Crippen molar-refractivity contribution in [2.45, 2.75) is 24.2 Å². The van der Waals surface area contributed by atoms with Crippen LogP contribution in [0.3, 0.4) is 0 Å². The molecule has 0 unspecified atom stereocenters. The number of rotatable bonds is 7. The third-order valence-corrected chi connectivity index (χ3v) is 5.77. The van der Waals surface area contributed by atoms with Gasteiger partial charge in [0.05, 0.1) is 22.2 Å². The molecule has 162 valence electrons. The number of hydrogen-bond acceptors (Lipinski definition) is 8. The van der Waals surface area contributed by atoms with Crippen molar-refractivity contribution in [1.29, 1.82) is 0 Å². The molecule has 0 bridgehead atoms. The summed E-state index contributed by atoms with van der Waals surface area (Å²) in [6.45, 7) is 1.82. The Bertz CT molecular complexity index is 1390. The number of thioether (sulfide) groups is 1. The lowest BCUT2D eigenvalue weighted by atomic mass is 10.2. The van der Waals surface area contributed by atoms with Gasteiger partial charge in [0.25, 0.3) is 11.2 Å². The van der Waals surface area contributed by atoms with Crippen LogP contribution in [0.5, 0.6) is 0 Å². The van der Waals surface area contributed by atoms with E-state index in [4.69, 9.17) is 4.52 Å². The molecular formula is C21H17N5O5S. The van der Waals surface area contributed by atoms with Crippen LogP contribution in [0.25, 0.3) is 11.4 Å². The van der Waals surface area contributed by atoms with Crippen LogP contribution in [0.2, 0.25) is 0 Å². The molecule has 0 fully saturated rings. The zero-order valence-electron chi connectivity index (χ0n) is 16.8. The van der Waals surface area contributed by atoms with Crippen molar-refractivity contribution >= 4 is 17.4 Å². The first-order valence-corrected chi connectivity index (χ1v) is 10.5. The Morgan fingerprint density at radius 2 is 1.94 bits per heavy atom. The standard InChI is InChI=1S/C21H17N5O5S/c1-13-19(23-21(28)25(20(13)27)11-14-6-3-2-4-7-14)32-12-17-22-18(24-31-17)15-8-5-9-16(10-15)26(29)30/h2-10H,11-12H2,1H3,(H,23,28). The molecule has 0 aliphatic heterocycles. The molecule has 0 amide bonds. The van der Waals surface area contributed by atoms with Crippen molar-refractivity contribution in [2.24, 2.45) is 0 Å². The number of nitro groups is 1. The van der Waals surface area contributed by atoms with Crippen molar-refractivity contribution in [3.05, 3.63) is 103 Å². The summed E-state index contributed by atoms with van der Waals surface area (Å²) in [5.41, 5.74) is 0.751. The summed E-state index contributed by atoms with van der Waals surface area (Å²) in [6.07, 6.45) is 0. The number of benzene rings is 2. The SMILES string of the molecule is Cc1c(SCc2nc(-c3cccc([N+](=O)[O-])c3)no2)[nH]c(=O)n(Cc2ccccc2)c1=O. The molecule has 0 atom stereocenters. The van der Waals surface area contributed by atoms with Crippen molar-refractivity contribution in [1.82, 2.24) is 19.7 Å². The van der Waals surface area contributed by atoms with Crippen molar-refractivity contribution < 1.29 is 9.45 Å². The lowest BCUT2D eigenvalue weighted by molar-refractivity contribution is -0.384. The van der Waals surface area contributed by atoms with Crippen LogP contribution in [0.1, 0.15) is 17.0 Å². The number of hydrogen-bond donors (Lipinski definition) is 1. The largest absolute Gasteiger partial charge is 0.338 e. The fraction of sp³-hybridized carbons (Fsp3) is 0.143. The lowest BCUT2D eigenvalue weighted by Gasteiger charge is -2.09. The van der Waals surface area contributed by atoms with E-state index in [0.717, 1.165) is 10.1 Å². The van der Waals surface area contributed by atoms with Crippen molar-refractivity contribution in [3.8, 4) is 11.4 Å². The Morgan fingerprint density at radius 3 is 2.69 bits per heavy atom. The van der Waals surface area contributed by atoms with Gasteiger partial charge in [-0.15, -0.1) is 0 Å². The molecule has 2 heterocycles. The van der Waals surface area contributed by atoms with Crippen molar-refractivity contribution in [3.63, 3.8) is 0 Å². The van der Waals surface area contributed by atoms with Crippen LogP contribution in [-0.2, 0) is 12.3 Å². The second-order valence-corrected chi connectivity index (χ2v) is 7.85. The van der Waals surface area contributed by atoms with E-state index in [2.05, 4.69) is 15.1 Å². The molecule has 0 radical (unpaired) electrons. The minimum atomic E-state index is -0.505. The number of non-ortho nitro benzene ring substituents is 1.